The van der Waals surface area contributed by atoms with Gasteiger partial charge in [-0.05, 0) is 6.42 Å². The van der Waals surface area contributed by atoms with Crippen LogP contribution < -0.4 is 16.2 Å². The van der Waals surface area contributed by atoms with Crippen LogP contribution in [0.4, 0.5) is 11.8 Å². The number of aryl methyl sites for hydroxylation is 1. The maximum absolute atomic E-state index is 11.5. The summed E-state index contributed by atoms with van der Waals surface area (Å²) in [5, 5.41) is 0. The molecule has 1 saturated heterocycles. The molecule has 8 heteroatoms. The molecule has 0 aliphatic carbocycles. The first-order valence-corrected chi connectivity index (χ1v) is 8.00. The van der Waals surface area contributed by atoms with E-state index in [2.05, 4.69) is 36.2 Å². The number of nitrogens with one attached hydrogen (secondary N) is 1. The Morgan fingerprint density at radius 2 is 2.09 bits per heavy atom. The van der Waals surface area contributed by atoms with Crippen molar-refractivity contribution in [2.45, 2.75) is 26.4 Å². The number of nitrogen functional groups attached to an aromatic ring is 1. The average Bonchev–Trinajstić information content (AvgIpc) is 2.95. The zero-order valence-electron chi connectivity index (χ0n) is 13.4. The van der Waals surface area contributed by atoms with E-state index in [1.165, 1.54) is 6.07 Å². The van der Waals surface area contributed by atoms with Crippen molar-refractivity contribution >= 4 is 11.8 Å². The molecule has 124 valence electrons. The van der Waals surface area contributed by atoms with Gasteiger partial charge in [-0.15, -0.1) is 0 Å². The molecule has 0 radical (unpaired) electrons. The van der Waals surface area contributed by atoms with Gasteiger partial charge in [0.2, 0.25) is 5.95 Å². The Labute approximate surface area is 135 Å². The molecule has 3 N–H and O–H groups in total. The quantitative estimate of drug-likeness (QED) is 0.822. The molecular formula is C15H23N7O. The second-order valence-electron chi connectivity index (χ2n) is 5.79. The smallest absolute Gasteiger partial charge is 0.254 e. The van der Waals surface area contributed by atoms with E-state index < -0.39 is 0 Å². The summed E-state index contributed by atoms with van der Waals surface area (Å²) >= 11 is 0. The van der Waals surface area contributed by atoms with Crippen LogP contribution in [0, 0.1) is 0 Å². The molecule has 2 aromatic heterocycles. The lowest BCUT2D eigenvalue weighted by molar-refractivity contribution is 0.240. The maximum Gasteiger partial charge on any atom is 0.254 e. The summed E-state index contributed by atoms with van der Waals surface area (Å²) in [4.78, 5) is 27.1. The molecular weight excluding hydrogens is 294 g/mol. The molecule has 0 bridgehead atoms. The highest BCUT2D eigenvalue weighted by Gasteiger charge is 2.20. The Morgan fingerprint density at radius 1 is 1.30 bits per heavy atom. The lowest BCUT2D eigenvalue weighted by Crippen LogP contribution is -2.46. The van der Waals surface area contributed by atoms with Crippen molar-refractivity contribution in [3.8, 4) is 0 Å². The van der Waals surface area contributed by atoms with E-state index in [9.17, 15) is 4.79 Å². The molecule has 1 fully saturated rings. The van der Waals surface area contributed by atoms with Crippen LogP contribution in [0.5, 0.6) is 0 Å². The maximum atomic E-state index is 11.5. The molecule has 3 rings (SSSR count). The normalized spacial score (nSPS) is 16.0. The number of aromatic amines is 1. The largest absolute Gasteiger partial charge is 0.369 e. The lowest BCUT2D eigenvalue weighted by Gasteiger charge is -2.35. The Hall–Kier alpha value is -2.35. The topological polar surface area (TPSA) is 96.1 Å². The number of hydrogen-bond donors (Lipinski definition) is 2. The van der Waals surface area contributed by atoms with Crippen molar-refractivity contribution in [3.05, 3.63) is 34.6 Å². The molecule has 0 saturated carbocycles. The molecule has 0 amide bonds. The highest BCUT2D eigenvalue weighted by molar-refractivity contribution is 5.41. The summed E-state index contributed by atoms with van der Waals surface area (Å²) in [5.74, 6) is 1.92. The van der Waals surface area contributed by atoms with Crippen LogP contribution in [0.3, 0.4) is 0 Å². The van der Waals surface area contributed by atoms with Crippen LogP contribution in [0.15, 0.2) is 23.3 Å². The Balaban J connectivity index is 1.60. The Morgan fingerprint density at radius 3 is 2.78 bits per heavy atom. The summed E-state index contributed by atoms with van der Waals surface area (Å²) in [6.45, 7) is 7.50. The van der Waals surface area contributed by atoms with Gasteiger partial charge >= 0.3 is 0 Å². The second-order valence-corrected chi connectivity index (χ2v) is 5.79. The van der Waals surface area contributed by atoms with Gasteiger partial charge in [-0.3, -0.25) is 14.7 Å². The van der Waals surface area contributed by atoms with Crippen LogP contribution in [0.2, 0.25) is 0 Å². The van der Waals surface area contributed by atoms with E-state index in [1.807, 2.05) is 12.4 Å². The van der Waals surface area contributed by atoms with Crippen molar-refractivity contribution in [2.75, 3.05) is 36.8 Å². The number of rotatable bonds is 5. The lowest BCUT2D eigenvalue weighted by atomic mass is 10.3. The predicted octanol–water partition coefficient (Wildman–Crippen LogP) is 0.281. The number of H-pyrrole nitrogens is 1. The van der Waals surface area contributed by atoms with E-state index in [0.717, 1.165) is 51.5 Å². The molecule has 1 aliphatic heterocycles. The highest BCUT2D eigenvalue weighted by atomic mass is 16.1. The molecule has 3 heterocycles. The fourth-order valence-corrected chi connectivity index (χ4v) is 2.90. The molecule has 2 aromatic rings. The van der Waals surface area contributed by atoms with Gasteiger partial charge in [-0.25, -0.2) is 4.98 Å². The summed E-state index contributed by atoms with van der Waals surface area (Å²) in [6.07, 6.45) is 5.01. The summed E-state index contributed by atoms with van der Waals surface area (Å²) in [6, 6.07) is 1.50. The summed E-state index contributed by atoms with van der Waals surface area (Å²) in [5.41, 5.74) is 5.40. The number of hydrogen-bond acceptors (Lipinski definition) is 6. The van der Waals surface area contributed by atoms with E-state index in [0.29, 0.717) is 5.82 Å². The third-order valence-corrected chi connectivity index (χ3v) is 4.07. The number of piperazine rings is 1. The van der Waals surface area contributed by atoms with Crippen molar-refractivity contribution in [1.29, 1.82) is 0 Å². The number of anilines is 2. The highest BCUT2D eigenvalue weighted by Crippen LogP contribution is 2.14. The summed E-state index contributed by atoms with van der Waals surface area (Å²) < 4.78 is 2.21. The fraction of sp³-hybridized carbons (Fsp3) is 0.533. The first-order valence-electron chi connectivity index (χ1n) is 8.00. The van der Waals surface area contributed by atoms with E-state index >= 15 is 0 Å². The first-order chi connectivity index (χ1) is 11.2. The minimum atomic E-state index is -0.212. The first kappa shape index (κ1) is 15.5. The fourth-order valence-electron chi connectivity index (χ4n) is 2.90. The van der Waals surface area contributed by atoms with Gasteiger partial charge in [0.25, 0.3) is 5.56 Å². The van der Waals surface area contributed by atoms with Crippen molar-refractivity contribution in [2.24, 2.45) is 0 Å². The van der Waals surface area contributed by atoms with Gasteiger partial charge in [-0.1, -0.05) is 6.92 Å². The van der Waals surface area contributed by atoms with Gasteiger partial charge in [-0.2, -0.15) is 4.98 Å². The predicted molar refractivity (Wildman–Crippen MR) is 89.3 cm³/mol. The van der Waals surface area contributed by atoms with Gasteiger partial charge in [0.15, 0.2) is 0 Å². The van der Waals surface area contributed by atoms with Crippen LogP contribution in [0.1, 0.15) is 19.2 Å². The zero-order chi connectivity index (χ0) is 16.2. The summed E-state index contributed by atoms with van der Waals surface area (Å²) in [7, 11) is 0. The van der Waals surface area contributed by atoms with Gasteiger partial charge in [0.1, 0.15) is 11.6 Å². The van der Waals surface area contributed by atoms with Gasteiger partial charge < -0.3 is 15.2 Å². The average molecular weight is 317 g/mol. The van der Waals surface area contributed by atoms with Crippen LogP contribution in [0.25, 0.3) is 0 Å². The number of nitrogens with zero attached hydrogens (tertiary/aromatic N) is 5. The third-order valence-electron chi connectivity index (χ3n) is 4.07. The van der Waals surface area contributed by atoms with Gasteiger partial charge in [0.05, 0.1) is 6.54 Å². The molecule has 0 aromatic carbocycles. The van der Waals surface area contributed by atoms with Crippen LogP contribution in [-0.2, 0) is 13.1 Å². The SMILES string of the molecule is CCCn1ccnc1CN1CCN(c2cc(=O)[nH]c(N)n2)CC1. The molecule has 0 spiro atoms. The molecule has 23 heavy (non-hydrogen) atoms. The number of imidazole rings is 1. The minimum Gasteiger partial charge on any atom is -0.369 e. The standard InChI is InChI=1S/C15H23N7O/c1-2-4-21-5-3-17-13(21)11-20-6-8-22(9-7-20)12-10-14(23)19-15(16)18-12/h3,5,10H,2,4,6-9,11H2,1H3,(H3,16,18,19,23). The monoisotopic (exact) mass is 317 g/mol. The van der Waals surface area contributed by atoms with E-state index in [-0.39, 0.29) is 11.5 Å². The van der Waals surface area contributed by atoms with E-state index in [4.69, 9.17) is 5.73 Å². The Kier molecular flexibility index (Phi) is 4.61. The van der Waals surface area contributed by atoms with Crippen molar-refractivity contribution in [1.82, 2.24) is 24.4 Å². The van der Waals surface area contributed by atoms with Gasteiger partial charge in [0, 0.05) is 51.2 Å². The van der Waals surface area contributed by atoms with Crippen molar-refractivity contribution < 1.29 is 0 Å². The molecule has 0 unspecified atom stereocenters. The number of aromatic nitrogens is 4. The van der Waals surface area contributed by atoms with E-state index in [1.54, 1.807) is 0 Å². The van der Waals surface area contributed by atoms with Crippen LogP contribution >= 0.6 is 0 Å². The van der Waals surface area contributed by atoms with Crippen molar-refractivity contribution in [3.63, 3.8) is 0 Å². The number of nitrogens with two attached hydrogens (primary N) is 1. The third kappa shape index (κ3) is 3.70. The Bertz CT molecular complexity index is 700. The molecule has 8 nitrogen and oxygen atoms in total. The molecule has 1 aliphatic rings. The molecule has 0 atom stereocenters. The second kappa shape index (κ2) is 6.82. The zero-order valence-corrected chi connectivity index (χ0v) is 13.4. The minimum absolute atomic E-state index is 0.163. The van der Waals surface area contributed by atoms with Crippen LogP contribution in [-0.4, -0.2) is 50.6 Å².